The Balaban J connectivity index is 1.78. The Morgan fingerprint density at radius 3 is 3.06 bits per heavy atom. The van der Waals surface area contributed by atoms with Gasteiger partial charge in [0.2, 0.25) is 5.91 Å². The van der Waals surface area contributed by atoms with Crippen LogP contribution in [0.5, 0.6) is 0 Å². The molecule has 2 unspecified atom stereocenters. The van der Waals surface area contributed by atoms with Gasteiger partial charge >= 0.3 is 0 Å². The molecule has 98 valence electrons. The van der Waals surface area contributed by atoms with E-state index in [9.17, 15) is 4.79 Å². The molecule has 0 aliphatic heterocycles. The summed E-state index contributed by atoms with van der Waals surface area (Å²) < 4.78 is 5.19. The molecule has 0 spiro atoms. The Kier molecular flexibility index (Phi) is 4.36. The highest BCUT2D eigenvalue weighted by Crippen LogP contribution is 2.26. The average Bonchev–Trinajstić information content (AvgIpc) is 2.96. The van der Waals surface area contributed by atoms with Crippen molar-refractivity contribution >= 4 is 23.1 Å². The van der Waals surface area contributed by atoms with Gasteiger partial charge in [0.1, 0.15) is 5.76 Å². The van der Waals surface area contributed by atoms with E-state index < -0.39 is 0 Å². The maximum atomic E-state index is 11.8. The van der Waals surface area contributed by atoms with Crippen molar-refractivity contribution in [3.8, 4) is 0 Å². The largest absolute Gasteiger partial charge is 0.469 e. The van der Waals surface area contributed by atoms with Gasteiger partial charge < -0.3 is 15.5 Å². The van der Waals surface area contributed by atoms with E-state index in [1.807, 2.05) is 12.1 Å². The molecule has 0 saturated heterocycles. The molecule has 2 rings (SSSR count). The van der Waals surface area contributed by atoms with Crippen molar-refractivity contribution < 1.29 is 9.21 Å². The van der Waals surface area contributed by atoms with E-state index in [0.717, 1.165) is 25.0 Å². The number of furan rings is 1. The van der Waals surface area contributed by atoms with Gasteiger partial charge in [-0.3, -0.25) is 4.79 Å². The van der Waals surface area contributed by atoms with E-state index in [2.05, 4.69) is 5.32 Å². The summed E-state index contributed by atoms with van der Waals surface area (Å²) in [5.41, 5.74) is 5.68. The number of hydrogen-bond donors (Lipinski definition) is 2. The highest BCUT2D eigenvalue weighted by atomic mass is 32.1. The summed E-state index contributed by atoms with van der Waals surface area (Å²) in [6, 6.07) is 3.82. The third-order valence-corrected chi connectivity index (χ3v) is 3.71. The normalized spacial score (nSPS) is 22.9. The topological polar surface area (TPSA) is 68.3 Å². The van der Waals surface area contributed by atoms with E-state index >= 15 is 0 Å². The number of amides is 1. The van der Waals surface area contributed by atoms with Crippen molar-refractivity contribution in [1.29, 1.82) is 0 Å². The lowest BCUT2D eigenvalue weighted by Crippen LogP contribution is -2.41. The van der Waals surface area contributed by atoms with Crippen LogP contribution in [0.25, 0.3) is 0 Å². The highest BCUT2D eigenvalue weighted by Gasteiger charge is 2.30. The second-order valence-electron chi connectivity index (χ2n) is 4.69. The Morgan fingerprint density at radius 1 is 1.56 bits per heavy atom. The van der Waals surface area contributed by atoms with E-state index in [1.165, 1.54) is 0 Å². The Morgan fingerprint density at radius 2 is 2.39 bits per heavy atom. The maximum Gasteiger partial charge on any atom is 0.220 e. The van der Waals surface area contributed by atoms with Crippen LogP contribution in [0.4, 0.5) is 0 Å². The van der Waals surface area contributed by atoms with Gasteiger partial charge in [-0.05, 0) is 25.0 Å². The number of carbonyl (C=O) groups excluding carboxylic acids is 1. The minimum atomic E-state index is 0.0413. The molecule has 0 aromatic carbocycles. The van der Waals surface area contributed by atoms with Crippen LogP contribution >= 0.6 is 12.2 Å². The van der Waals surface area contributed by atoms with Gasteiger partial charge in [0.15, 0.2) is 0 Å². The lowest BCUT2D eigenvalue weighted by Gasteiger charge is -2.19. The monoisotopic (exact) mass is 266 g/mol. The molecule has 3 N–H and O–H groups in total. The zero-order valence-corrected chi connectivity index (χ0v) is 11.0. The minimum Gasteiger partial charge on any atom is -0.469 e. The third kappa shape index (κ3) is 3.32. The first kappa shape index (κ1) is 13.1. The second kappa shape index (κ2) is 6.00. The minimum absolute atomic E-state index is 0.0413. The first-order valence-electron chi connectivity index (χ1n) is 6.28. The lowest BCUT2D eigenvalue weighted by molar-refractivity contribution is -0.121. The quantitative estimate of drug-likeness (QED) is 0.797. The van der Waals surface area contributed by atoms with Crippen molar-refractivity contribution in [2.24, 2.45) is 11.7 Å². The summed E-state index contributed by atoms with van der Waals surface area (Å²) >= 11 is 5.03. The molecule has 1 aliphatic carbocycles. The van der Waals surface area contributed by atoms with Crippen LogP contribution in [0.1, 0.15) is 31.4 Å². The molecule has 1 heterocycles. The van der Waals surface area contributed by atoms with Crippen molar-refractivity contribution in [1.82, 2.24) is 5.32 Å². The molecule has 1 aliphatic rings. The Labute approximate surface area is 112 Å². The SMILES string of the molecule is NC(=S)C1CCCC1NC(=O)CCc1ccco1. The van der Waals surface area contributed by atoms with Crippen LogP contribution in [0.3, 0.4) is 0 Å². The Hall–Kier alpha value is -1.36. The van der Waals surface area contributed by atoms with E-state index in [4.69, 9.17) is 22.4 Å². The predicted octanol–water partition coefficient (Wildman–Crippen LogP) is 1.78. The fraction of sp³-hybridized carbons (Fsp3) is 0.538. The molecular formula is C13H18N2O2S. The van der Waals surface area contributed by atoms with Crippen LogP contribution < -0.4 is 11.1 Å². The predicted molar refractivity (Wildman–Crippen MR) is 73.1 cm³/mol. The van der Waals surface area contributed by atoms with Gasteiger partial charge in [-0.25, -0.2) is 0 Å². The number of thiocarbonyl (C=S) groups is 1. The van der Waals surface area contributed by atoms with Gasteiger partial charge in [-0.2, -0.15) is 0 Å². The van der Waals surface area contributed by atoms with Crippen molar-refractivity contribution in [3.63, 3.8) is 0 Å². The molecule has 4 nitrogen and oxygen atoms in total. The summed E-state index contributed by atoms with van der Waals surface area (Å²) in [5, 5.41) is 3.02. The summed E-state index contributed by atoms with van der Waals surface area (Å²) in [4.78, 5) is 12.3. The number of rotatable bonds is 5. The highest BCUT2D eigenvalue weighted by molar-refractivity contribution is 7.80. The second-order valence-corrected chi connectivity index (χ2v) is 5.16. The zero-order valence-electron chi connectivity index (χ0n) is 10.2. The Bertz CT molecular complexity index is 417. The summed E-state index contributed by atoms with van der Waals surface area (Å²) in [6.45, 7) is 0. The molecule has 5 heteroatoms. The van der Waals surface area contributed by atoms with Crippen LogP contribution in [0.2, 0.25) is 0 Å². The van der Waals surface area contributed by atoms with Gasteiger partial charge in [0.25, 0.3) is 0 Å². The van der Waals surface area contributed by atoms with E-state index in [1.54, 1.807) is 6.26 Å². The number of nitrogens with one attached hydrogen (secondary N) is 1. The van der Waals surface area contributed by atoms with Crippen LogP contribution in [-0.2, 0) is 11.2 Å². The molecule has 18 heavy (non-hydrogen) atoms. The molecule has 0 bridgehead atoms. The molecule has 1 amide bonds. The maximum absolute atomic E-state index is 11.8. The molecule has 1 fully saturated rings. The summed E-state index contributed by atoms with van der Waals surface area (Å²) in [6.07, 6.45) is 5.71. The van der Waals surface area contributed by atoms with E-state index in [-0.39, 0.29) is 17.9 Å². The van der Waals surface area contributed by atoms with Crippen LogP contribution in [0.15, 0.2) is 22.8 Å². The molecule has 2 atom stereocenters. The fourth-order valence-electron chi connectivity index (χ4n) is 2.44. The van der Waals surface area contributed by atoms with Gasteiger partial charge in [0.05, 0.1) is 11.3 Å². The molecule has 0 radical (unpaired) electrons. The fourth-order valence-corrected chi connectivity index (χ4v) is 2.73. The molecule has 1 saturated carbocycles. The summed E-state index contributed by atoms with van der Waals surface area (Å²) in [7, 11) is 0. The van der Waals surface area contributed by atoms with Crippen molar-refractivity contribution in [2.45, 2.75) is 38.1 Å². The van der Waals surface area contributed by atoms with Crippen LogP contribution in [-0.4, -0.2) is 16.9 Å². The van der Waals surface area contributed by atoms with Gasteiger partial charge in [-0.1, -0.05) is 18.6 Å². The molecule has 1 aromatic rings. The first-order chi connectivity index (χ1) is 8.66. The smallest absolute Gasteiger partial charge is 0.220 e. The zero-order chi connectivity index (χ0) is 13.0. The summed E-state index contributed by atoms with van der Waals surface area (Å²) in [5.74, 6) is 1.04. The number of aryl methyl sites for hydroxylation is 1. The molecule has 1 aromatic heterocycles. The number of carbonyl (C=O) groups is 1. The van der Waals surface area contributed by atoms with E-state index in [0.29, 0.717) is 17.8 Å². The number of nitrogens with two attached hydrogens (primary N) is 1. The van der Waals surface area contributed by atoms with Crippen LogP contribution in [0, 0.1) is 5.92 Å². The van der Waals surface area contributed by atoms with Crippen molar-refractivity contribution in [3.05, 3.63) is 24.2 Å². The third-order valence-electron chi connectivity index (χ3n) is 3.41. The van der Waals surface area contributed by atoms with Gasteiger partial charge in [-0.15, -0.1) is 0 Å². The van der Waals surface area contributed by atoms with Gasteiger partial charge in [0, 0.05) is 24.8 Å². The average molecular weight is 266 g/mol. The lowest BCUT2D eigenvalue weighted by atomic mass is 10.0. The molecular weight excluding hydrogens is 248 g/mol. The standard InChI is InChI=1S/C13H18N2O2S/c14-13(18)10-4-1-5-11(10)15-12(16)7-6-9-3-2-8-17-9/h2-3,8,10-11H,1,4-7H2,(H2,14,18)(H,15,16). The van der Waals surface area contributed by atoms with Crippen molar-refractivity contribution in [2.75, 3.05) is 0 Å². The number of hydrogen-bond acceptors (Lipinski definition) is 3. The first-order valence-corrected chi connectivity index (χ1v) is 6.68.